The van der Waals surface area contributed by atoms with Gasteiger partial charge in [-0.1, -0.05) is 72.8 Å². The third kappa shape index (κ3) is 5.68. The van der Waals surface area contributed by atoms with Gasteiger partial charge < -0.3 is 26.1 Å². The van der Waals surface area contributed by atoms with Crippen LogP contribution in [0.15, 0.2) is 109 Å². The number of nitrogens with two attached hydrogens (primary N) is 1. The number of H-pyrrole nitrogens is 1. The van der Waals surface area contributed by atoms with Crippen molar-refractivity contribution in [3.05, 3.63) is 114 Å². The summed E-state index contributed by atoms with van der Waals surface area (Å²) < 4.78 is 5.30. The molecule has 1 heterocycles. The van der Waals surface area contributed by atoms with Crippen LogP contribution in [0.25, 0.3) is 22.4 Å². The van der Waals surface area contributed by atoms with Gasteiger partial charge >= 0.3 is 0 Å². The van der Waals surface area contributed by atoms with Gasteiger partial charge in [-0.15, -0.1) is 0 Å². The number of para-hydroxylation sites is 2. The lowest BCUT2D eigenvalue weighted by atomic mass is 9.81. The van der Waals surface area contributed by atoms with E-state index < -0.39 is 5.41 Å². The Morgan fingerprint density at radius 3 is 2.38 bits per heavy atom. The van der Waals surface area contributed by atoms with Crippen molar-refractivity contribution in [2.75, 3.05) is 24.7 Å². The van der Waals surface area contributed by atoms with Crippen molar-refractivity contribution in [2.24, 2.45) is 5.41 Å². The summed E-state index contributed by atoms with van der Waals surface area (Å²) in [5.41, 5.74) is 11.3. The molecule has 0 radical (unpaired) electrons. The Balaban J connectivity index is 1.29. The second-order valence-corrected chi connectivity index (χ2v) is 10.0. The molecule has 1 aliphatic rings. The summed E-state index contributed by atoms with van der Waals surface area (Å²) in [5.74, 6) is 0.399. The summed E-state index contributed by atoms with van der Waals surface area (Å²) in [6.07, 6.45) is 6.27. The van der Waals surface area contributed by atoms with Crippen LogP contribution in [-0.4, -0.2) is 30.5 Å². The van der Waals surface area contributed by atoms with Crippen LogP contribution in [0.3, 0.4) is 0 Å². The van der Waals surface area contributed by atoms with Gasteiger partial charge in [0.15, 0.2) is 0 Å². The number of rotatable bonds is 8. The summed E-state index contributed by atoms with van der Waals surface area (Å²) in [6, 6.07) is 26.7. The van der Waals surface area contributed by atoms with E-state index in [0.29, 0.717) is 30.0 Å². The summed E-state index contributed by atoms with van der Waals surface area (Å²) in [4.78, 5) is 29.8. The number of nitrogen functional groups attached to an aromatic ring is 1. The fraction of sp³-hybridized carbons (Fsp3) is 0.152. The number of allylic oxidation sites excluding steroid dienone is 1. The number of ether oxygens (including phenoxy) is 1. The first-order chi connectivity index (χ1) is 19.4. The summed E-state index contributed by atoms with van der Waals surface area (Å²) in [6.45, 7) is 2.22. The average Bonchev–Trinajstić information content (AvgIpc) is 3.44. The van der Waals surface area contributed by atoms with Crippen molar-refractivity contribution < 1.29 is 14.3 Å². The van der Waals surface area contributed by atoms with Crippen LogP contribution >= 0.6 is 0 Å². The van der Waals surface area contributed by atoms with E-state index in [0.717, 1.165) is 33.7 Å². The number of aromatic amines is 1. The van der Waals surface area contributed by atoms with E-state index in [9.17, 15) is 9.59 Å². The SMILES string of the molecule is COc1ccc(-c2cc(-c3ccccc3)[nH]c2C(=O)NCC2=CCC(C)(C(=O)Nc3ccccc3N)C=C2)cc1. The van der Waals surface area contributed by atoms with Crippen LogP contribution in [0.1, 0.15) is 23.8 Å². The highest BCUT2D eigenvalue weighted by atomic mass is 16.5. The minimum atomic E-state index is -0.721. The van der Waals surface area contributed by atoms with Crippen molar-refractivity contribution in [3.63, 3.8) is 0 Å². The molecule has 0 spiro atoms. The molecule has 0 saturated heterocycles. The molecular formula is C33H32N4O3. The second kappa shape index (κ2) is 11.4. The number of hydrogen-bond donors (Lipinski definition) is 4. The van der Waals surface area contributed by atoms with Gasteiger partial charge in [-0.3, -0.25) is 9.59 Å². The van der Waals surface area contributed by atoms with Crippen molar-refractivity contribution in [3.8, 4) is 28.1 Å². The van der Waals surface area contributed by atoms with Crippen LogP contribution in [0, 0.1) is 5.41 Å². The van der Waals surface area contributed by atoms with Gasteiger partial charge in [0.1, 0.15) is 11.4 Å². The zero-order valence-electron chi connectivity index (χ0n) is 22.5. The number of aromatic nitrogens is 1. The molecule has 0 fully saturated rings. The zero-order chi connectivity index (χ0) is 28.1. The van der Waals surface area contributed by atoms with Gasteiger partial charge in [0.2, 0.25) is 5.91 Å². The summed E-state index contributed by atoms with van der Waals surface area (Å²) in [7, 11) is 1.63. The molecule has 5 rings (SSSR count). The second-order valence-electron chi connectivity index (χ2n) is 10.0. The van der Waals surface area contributed by atoms with Crippen LogP contribution in [0.5, 0.6) is 5.75 Å². The molecule has 0 saturated carbocycles. The first-order valence-corrected chi connectivity index (χ1v) is 13.1. The highest BCUT2D eigenvalue weighted by molar-refractivity contribution is 6.01. The van der Waals surface area contributed by atoms with Crippen LogP contribution in [-0.2, 0) is 4.79 Å². The highest BCUT2D eigenvalue weighted by Gasteiger charge is 2.31. The third-order valence-electron chi connectivity index (χ3n) is 7.16. The number of nitrogens with one attached hydrogen (secondary N) is 3. The minimum Gasteiger partial charge on any atom is -0.497 e. The average molecular weight is 533 g/mol. The lowest BCUT2D eigenvalue weighted by molar-refractivity contribution is -0.122. The molecule has 1 aromatic heterocycles. The van der Waals surface area contributed by atoms with E-state index in [1.807, 2.05) is 97.9 Å². The Morgan fingerprint density at radius 1 is 0.975 bits per heavy atom. The van der Waals surface area contributed by atoms with Gasteiger partial charge in [0.25, 0.3) is 5.91 Å². The monoisotopic (exact) mass is 532 g/mol. The van der Waals surface area contributed by atoms with Crippen LogP contribution < -0.4 is 21.1 Å². The molecular weight excluding hydrogens is 500 g/mol. The normalized spacial score (nSPS) is 16.2. The Labute approximate surface area is 233 Å². The fourth-order valence-corrected chi connectivity index (χ4v) is 4.62. The van der Waals surface area contributed by atoms with Gasteiger partial charge in [0.05, 0.1) is 23.9 Å². The Bertz CT molecular complexity index is 1590. The van der Waals surface area contributed by atoms with E-state index in [2.05, 4.69) is 15.6 Å². The first-order valence-electron chi connectivity index (χ1n) is 13.1. The number of hydrogen-bond acceptors (Lipinski definition) is 4. The Hall–Kier alpha value is -5.04. The van der Waals surface area contributed by atoms with E-state index in [4.69, 9.17) is 10.5 Å². The van der Waals surface area contributed by atoms with Crippen molar-refractivity contribution in [1.82, 2.24) is 10.3 Å². The minimum absolute atomic E-state index is 0.134. The third-order valence-corrected chi connectivity index (χ3v) is 7.16. The largest absolute Gasteiger partial charge is 0.497 e. The van der Waals surface area contributed by atoms with Crippen molar-refractivity contribution in [1.29, 1.82) is 0 Å². The molecule has 7 nitrogen and oxygen atoms in total. The molecule has 1 aliphatic carbocycles. The molecule has 1 unspecified atom stereocenters. The standard InChI is InChI=1S/C33H32N4O3/c1-33(32(39)37-28-11-7-6-10-27(28)34)18-16-22(17-19-33)21-35-31(38)30-26(23-12-14-25(40-2)15-13-23)20-29(36-30)24-8-4-3-5-9-24/h3-18,20,36H,19,21,34H2,1-2H3,(H,35,38)(H,37,39). The van der Waals surface area contributed by atoms with Gasteiger partial charge in [-0.2, -0.15) is 0 Å². The number of anilines is 2. The quantitative estimate of drug-likeness (QED) is 0.203. The van der Waals surface area contributed by atoms with Crippen molar-refractivity contribution in [2.45, 2.75) is 13.3 Å². The predicted octanol–water partition coefficient (Wildman–Crippen LogP) is 6.20. The maximum Gasteiger partial charge on any atom is 0.268 e. The van der Waals surface area contributed by atoms with Gasteiger partial charge in [0, 0.05) is 17.8 Å². The van der Waals surface area contributed by atoms with Crippen LogP contribution in [0.4, 0.5) is 11.4 Å². The first kappa shape index (κ1) is 26.6. The van der Waals surface area contributed by atoms with Gasteiger partial charge in [-0.05, 0) is 60.4 Å². The molecule has 4 aromatic rings. The summed E-state index contributed by atoms with van der Waals surface area (Å²) >= 11 is 0. The Kier molecular flexibility index (Phi) is 7.55. The van der Waals surface area contributed by atoms with E-state index >= 15 is 0 Å². The van der Waals surface area contributed by atoms with E-state index in [-0.39, 0.29) is 11.8 Å². The fourth-order valence-electron chi connectivity index (χ4n) is 4.62. The molecule has 5 N–H and O–H groups in total. The Morgan fingerprint density at radius 2 is 1.70 bits per heavy atom. The predicted molar refractivity (Wildman–Crippen MR) is 160 cm³/mol. The molecule has 2 amide bonds. The highest BCUT2D eigenvalue weighted by Crippen LogP contribution is 2.33. The van der Waals surface area contributed by atoms with E-state index in [1.165, 1.54) is 0 Å². The maximum absolute atomic E-state index is 13.4. The molecule has 3 aromatic carbocycles. The summed E-state index contributed by atoms with van der Waals surface area (Å²) in [5, 5.41) is 5.96. The number of carbonyl (C=O) groups excluding carboxylic acids is 2. The zero-order valence-corrected chi connectivity index (χ0v) is 22.5. The molecule has 202 valence electrons. The molecule has 40 heavy (non-hydrogen) atoms. The number of methoxy groups -OCH3 is 1. The lowest BCUT2D eigenvalue weighted by Gasteiger charge is -2.27. The molecule has 0 bridgehead atoms. The number of carbonyl (C=O) groups is 2. The number of benzene rings is 3. The smallest absolute Gasteiger partial charge is 0.268 e. The molecule has 7 heteroatoms. The number of amides is 2. The van der Waals surface area contributed by atoms with Gasteiger partial charge in [-0.25, -0.2) is 0 Å². The van der Waals surface area contributed by atoms with Crippen LogP contribution in [0.2, 0.25) is 0 Å². The van der Waals surface area contributed by atoms with E-state index in [1.54, 1.807) is 19.2 Å². The van der Waals surface area contributed by atoms with Crippen molar-refractivity contribution >= 4 is 23.2 Å². The topological polar surface area (TPSA) is 109 Å². The maximum atomic E-state index is 13.4. The molecule has 1 atom stereocenters. The lowest BCUT2D eigenvalue weighted by Crippen LogP contribution is -2.33. The molecule has 0 aliphatic heterocycles.